The van der Waals surface area contributed by atoms with Gasteiger partial charge in [-0.25, -0.2) is 0 Å². The number of rotatable bonds is 4. The normalized spacial score (nSPS) is 18.6. The number of hydrogen-bond donors (Lipinski definition) is 0. The van der Waals surface area contributed by atoms with Crippen LogP contribution in [0.25, 0.3) is 0 Å². The highest BCUT2D eigenvalue weighted by Crippen LogP contribution is 2.26. The van der Waals surface area contributed by atoms with E-state index >= 15 is 0 Å². The minimum Gasteiger partial charge on any atom is -0.299 e. The lowest BCUT2D eigenvalue weighted by Gasteiger charge is -2.14. The Kier molecular flexibility index (Phi) is 4.95. The van der Waals surface area contributed by atoms with E-state index in [2.05, 4.69) is 37.9 Å². The van der Waals surface area contributed by atoms with Crippen molar-refractivity contribution in [1.82, 2.24) is 0 Å². The number of hydrogen-bond acceptors (Lipinski definition) is 1. The van der Waals surface area contributed by atoms with Crippen molar-refractivity contribution >= 4 is 37.6 Å². The minimum absolute atomic E-state index is 0.296. The Morgan fingerprint density at radius 3 is 2.89 bits per heavy atom. The number of ketones is 1. The lowest BCUT2D eigenvalue weighted by molar-refractivity contribution is -0.119. The first-order valence-electron chi connectivity index (χ1n) is 5.92. The van der Waals surface area contributed by atoms with Gasteiger partial charge in [-0.1, -0.05) is 62.2 Å². The summed E-state index contributed by atoms with van der Waals surface area (Å²) in [6.45, 7) is 0. The van der Waals surface area contributed by atoms with Crippen LogP contribution in [0.15, 0.2) is 51.4 Å². The lowest BCUT2D eigenvalue weighted by atomic mass is 9.93. The zero-order valence-electron chi connectivity index (χ0n) is 9.90. The summed E-state index contributed by atoms with van der Waals surface area (Å²) in [7, 11) is 0. The van der Waals surface area contributed by atoms with Gasteiger partial charge in [0.05, 0.1) is 0 Å². The summed E-state index contributed by atoms with van der Waals surface area (Å²) in [5.74, 6) is 0.633. The number of carbonyl (C=O) groups excluding carboxylic acids is 1. The van der Waals surface area contributed by atoms with E-state index in [9.17, 15) is 4.79 Å². The van der Waals surface area contributed by atoms with Gasteiger partial charge in [0.15, 0.2) is 0 Å². The van der Waals surface area contributed by atoms with Gasteiger partial charge in [0.25, 0.3) is 0 Å². The van der Waals surface area contributed by atoms with Crippen LogP contribution in [0.5, 0.6) is 0 Å². The predicted molar refractivity (Wildman–Crippen MR) is 81.7 cm³/mol. The average molecular weight is 370 g/mol. The molecule has 0 aromatic heterocycles. The number of carbonyl (C=O) groups is 1. The molecular formula is C15H14Br2O. The molecule has 1 nitrogen and oxygen atoms in total. The van der Waals surface area contributed by atoms with E-state index in [4.69, 9.17) is 0 Å². The van der Waals surface area contributed by atoms with Gasteiger partial charge >= 0.3 is 0 Å². The van der Waals surface area contributed by atoms with Gasteiger partial charge < -0.3 is 0 Å². The highest BCUT2D eigenvalue weighted by Gasteiger charge is 2.14. The van der Waals surface area contributed by atoms with E-state index in [0.717, 1.165) is 16.5 Å². The molecule has 94 valence electrons. The topological polar surface area (TPSA) is 17.1 Å². The number of allylic oxidation sites excluding steroid dienone is 4. The number of benzene rings is 1. The summed E-state index contributed by atoms with van der Waals surface area (Å²) in [6.07, 6.45) is 8.24. The maximum absolute atomic E-state index is 12.0. The molecule has 0 amide bonds. The van der Waals surface area contributed by atoms with Crippen LogP contribution in [-0.4, -0.2) is 5.78 Å². The van der Waals surface area contributed by atoms with Crippen molar-refractivity contribution in [1.29, 1.82) is 0 Å². The maximum Gasteiger partial charge on any atom is 0.137 e. The third-order valence-corrected chi connectivity index (χ3v) is 3.98. The molecule has 0 fully saturated rings. The number of Topliss-reactive ketones (excluding diaryl/α,β-unsaturated/α-hetero) is 1. The van der Waals surface area contributed by atoms with Gasteiger partial charge in [0.2, 0.25) is 0 Å². The summed E-state index contributed by atoms with van der Waals surface area (Å²) < 4.78 is 2.20. The summed E-state index contributed by atoms with van der Waals surface area (Å²) >= 11 is 6.91. The molecule has 18 heavy (non-hydrogen) atoms. The molecule has 1 aromatic carbocycles. The predicted octanol–water partition coefficient (Wildman–Crippen LogP) is 4.81. The van der Waals surface area contributed by atoms with E-state index in [0.29, 0.717) is 24.5 Å². The Bertz CT molecular complexity index is 503. The van der Waals surface area contributed by atoms with E-state index < -0.39 is 0 Å². The first-order valence-corrected chi connectivity index (χ1v) is 7.51. The Hall–Kier alpha value is -0.670. The molecule has 0 aliphatic heterocycles. The second-order valence-electron chi connectivity index (χ2n) is 4.51. The Balaban J connectivity index is 1.90. The van der Waals surface area contributed by atoms with E-state index in [1.54, 1.807) is 0 Å². The summed E-state index contributed by atoms with van der Waals surface area (Å²) in [6, 6.07) is 7.94. The Morgan fingerprint density at radius 1 is 1.33 bits per heavy atom. The van der Waals surface area contributed by atoms with Crippen LogP contribution >= 0.6 is 31.9 Å². The first kappa shape index (κ1) is 13.8. The summed E-state index contributed by atoms with van der Waals surface area (Å²) in [4.78, 5) is 12.0. The molecule has 0 spiro atoms. The fraction of sp³-hybridized carbons (Fsp3) is 0.267. The van der Waals surface area contributed by atoms with Crippen LogP contribution in [0, 0.1) is 5.92 Å². The third-order valence-electron chi connectivity index (χ3n) is 2.90. The number of halogens is 2. The first-order chi connectivity index (χ1) is 8.63. The minimum atomic E-state index is 0.296. The second kappa shape index (κ2) is 6.48. The molecule has 0 radical (unpaired) electrons. The monoisotopic (exact) mass is 368 g/mol. The smallest absolute Gasteiger partial charge is 0.137 e. The molecule has 0 bridgehead atoms. The van der Waals surface area contributed by atoms with E-state index in [1.165, 1.54) is 4.48 Å². The molecule has 1 aliphatic carbocycles. The van der Waals surface area contributed by atoms with Crippen molar-refractivity contribution < 1.29 is 4.79 Å². The van der Waals surface area contributed by atoms with E-state index in [-0.39, 0.29) is 0 Å². The Labute approximate surface area is 124 Å². The van der Waals surface area contributed by atoms with Gasteiger partial charge in [-0.05, 0) is 34.5 Å². The zero-order valence-corrected chi connectivity index (χ0v) is 13.1. The third kappa shape index (κ3) is 4.21. The highest BCUT2D eigenvalue weighted by molar-refractivity contribution is 9.11. The summed E-state index contributed by atoms with van der Waals surface area (Å²) in [5, 5.41) is 0. The van der Waals surface area contributed by atoms with Crippen molar-refractivity contribution in [3.63, 3.8) is 0 Å². The van der Waals surface area contributed by atoms with Crippen LogP contribution in [-0.2, 0) is 11.2 Å². The van der Waals surface area contributed by atoms with Crippen molar-refractivity contribution in [2.24, 2.45) is 5.92 Å². The fourth-order valence-corrected chi connectivity index (χ4v) is 3.10. The second-order valence-corrected chi connectivity index (χ2v) is 6.45. The SMILES string of the molecule is O=C(Cc1cccc(Br)c1)CC1C=CC=C(Br)C1. The molecule has 1 unspecified atom stereocenters. The standard InChI is InChI=1S/C15H14Br2O/c16-13-5-1-3-11(7-13)9-15(18)10-12-4-2-6-14(17)8-12/h1-7,12H,8-10H2. The van der Waals surface area contributed by atoms with Crippen molar-refractivity contribution in [3.05, 3.63) is 57.0 Å². The summed E-state index contributed by atoms with van der Waals surface area (Å²) in [5.41, 5.74) is 1.07. The molecule has 3 heteroatoms. The maximum atomic E-state index is 12.0. The van der Waals surface area contributed by atoms with Gasteiger partial charge in [-0.3, -0.25) is 4.79 Å². The molecule has 1 atom stereocenters. The van der Waals surface area contributed by atoms with Gasteiger partial charge in [-0.15, -0.1) is 0 Å². The van der Waals surface area contributed by atoms with Crippen LogP contribution < -0.4 is 0 Å². The van der Waals surface area contributed by atoms with Gasteiger partial charge in [0, 0.05) is 17.3 Å². The lowest BCUT2D eigenvalue weighted by Crippen LogP contribution is -2.10. The molecule has 0 heterocycles. The zero-order chi connectivity index (χ0) is 13.0. The quantitative estimate of drug-likeness (QED) is 0.744. The molecule has 0 saturated carbocycles. The van der Waals surface area contributed by atoms with Crippen LogP contribution in [0.2, 0.25) is 0 Å². The van der Waals surface area contributed by atoms with Crippen LogP contribution in [0.3, 0.4) is 0 Å². The van der Waals surface area contributed by atoms with Crippen LogP contribution in [0.1, 0.15) is 18.4 Å². The van der Waals surface area contributed by atoms with Crippen molar-refractivity contribution in [2.75, 3.05) is 0 Å². The van der Waals surface area contributed by atoms with E-state index in [1.807, 2.05) is 36.4 Å². The Morgan fingerprint density at radius 2 is 2.17 bits per heavy atom. The van der Waals surface area contributed by atoms with Gasteiger partial charge in [-0.2, -0.15) is 0 Å². The molecule has 0 N–H and O–H groups in total. The van der Waals surface area contributed by atoms with Crippen molar-refractivity contribution in [2.45, 2.75) is 19.3 Å². The fourth-order valence-electron chi connectivity index (χ4n) is 2.08. The highest BCUT2D eigenvalue weighted by atomic mass is 79.9. The van der Waals surface area contributed by atoms with Crippen LogP contribution in [0.4, 0.5) is 0 Å². The largest absolute Gasteiger partial charge is 0.299 e. The molecule has 1 aliphatic rings. The molecule has 1 aromatic rings. The van der Waals surface area contributed by atoms with Gasteiger partial charge in [0.1, 0.15) is 5.78 Å². The molecule has 2 rings (SSSR count). The average Bonchev–Trinajstić information content (AvgIpc) is 2.28. The molecule has 0 saturated heterocycles. The molecular weight excluding hydrogens is 356 g/mol. The van der Waals surface area contributed by atoms with Crippen molar-refractivity contribution in [3.8, 4) is 0 Å².